The van der Waals surface area contributed by atoms with Gasteiger partial charge in [0.2, 0.25) is 0 Å². The Bertz CT molecular complexity index is 300. The number of benzene rings is 1. The first-order valence-electron chi connectivity index (χ1n) is 2.81. The Balaban J connectivity index is 2.97. The van der Waals surface area contributed by atoms with Crippen molar-refractivity contribution in [2.75, 3.05) is 0 Å². The summed E-state index contributed by atoms with van der Waals surface area (Å²) in [6.07, 6.45) is 0. The summed E-state index contributed by atoms with van der Waals surface area (Å²) in [5, 5.41) is 1.23. The van der Waals surface area contributed by atoms with Crippen LogP contribution in [0.4, 0.5) is 0 Å². The van der Waals surface area contributed by atoms with Crippen LogP contribution in [-0.4, -0.2) is 16.5 Å². The van der Waals surface area contributed by atoms with Gasteiger partial charge in [-0.05, 0) is 0 Å². The molecule has 0 amide bonds. The molecule has 0 fully saturated rings. The van der Waals surface area contributed by atoms with E-state index in [1.807, 2.05) is 19.3 Å². The van der Waals surface area contributed by atoms with Crippen molar-refractivity contribution in [2.24, 2.45) is 0 Å². The molecule has 41 valence electrons. The van der Waals surface area contributed by atoms with Crippen molar-refractivity contribution in [3.05, 3.63) is 34.2 Å². The molecule has 0 spiro atoms. The van der Waals surface area contributed by atoms with Gasteiger partial charge in [0.05, 0.1) is 0 Å². The Kier molecular flexibility index (Phi) is 1.09. The minimum absolute atomic E-state index is 0.524. The summed E-state index contributed by atoms with van der Waals surface area (Å²) in [4.78, 5) is 1.32. The molecule has 3 heteroatoms. The van der Waals surface area contributed by atoms with Crippen molar-refractivity contribution in [1.82, 2.24) is 0 Å². The Morgan fingerprint density at radius 3 is 3.11 bits per heavy atom. The van der Waals surface area contributed by atoms with Gasteiger partial charge in [-0.2, -0.15) is 0 Å². The van der Waals surface area contributed by atoms with Gasteiger partial charge in [-0.15, -0.1) is 0 Å². The van der Waals surface area contributed by atoms with Gasteiger partial charge in [-0.3, -0.25) is 0 Å². The molecule has 1 aromatic rings. The Labute approximate surface area is 55.8 Å². The van der Waals surface area contributed by atoms with Crippen LogP contribution < -0.4 is 0 Å². The first kappa shape index (κ1) is 5.12. The zero-order chi connectivity index (χ0) is 6.10. The topological polar surface area (TPSA) is 9.23 Å². The molecule has 0 aliphatic carbocycles. The molecule has 0 atom stereocenters. The maximum atomic E-state index is 5.12. The first-order valence-corrected chi connectivity index (χ1v) is 3.71. The Hall–Kier alpha value is -0.698. The van der Waals surface area contributed by atoms with E-state index in [1.165, 1.54) is 9.92 Å². The number of hydrogen-bond donors (Lipinski definition) is 0. The van der Waals surface area contributed by atoms with Crippen molar-refractivity contribution in [2.45, 2.75) is 0 Å². The molecule has 0 unspecified atom stereocenters. The summed E-state index contributed by atoms with van der Waals surface area (Å²) in [6.45, 7) is 0. The number of hydrogen-bond acceptors (Lipinski definition) is 1. The molecule has 0 saturated heterocycles. The van der Waals surface area contributed by atoms with Crippen molar-refractivity contribution in [3.8, 4) is 0 Å². The molecule has 1 nitrogen and oxygen atoms in total. The van der Waals surface area contributed by atoms with Crippen LogP contribution in [0.1, 0.15) is 0 Å². The van der Waals surface area contributed by atoms with Crippen LogP contribution in [0.5, 0.6) is 0 Å². The molecule has 0 bridgehead atoms. The molecule has 1 aromatic carbocycles. The Morgan fingerprint density at radius 2 is 2.22 bits per heavy atom. The van der Waals surface area contributed by atoms with Crippen LogP contribution in [0, 0.1) is 9.92 Å². The predicted molar refractivity (Wildman–Crippen MR) is 36.7 cm³/mol. The van der Waals surface area contributed by atoms with E-state index in [1.54, 1.807) is 0 Å². The average Bonchev–Trinajstić information content (AvgIpc) is 2.33. The predicted octanol–water partition coefficient (Wildman–Crippen LogP) is 0.457. The van der Waals surface area contributed by atoms with Gasteiger partial charge in [0.15, 0.2) is 0 Å². The van der Waals surface area contributed by atoms with Crippen LogP contribution in [0.15, 0.2) is 24.3 Å². The molecular weight excluding hydrogens is 127 g/mol. The maximum absolute atomic E-state index is 5.12. The summed E-state index contributed by atoms with van der Waals surface area (Å²) in [5.41, 5.74) is 0. The molecule has 1 aliphatic rings. The third-order valence-electron chi connectivity index (χ3n) is 1.32. The SMILES string of the molecule is B1=c2ccccc2=[Si]O1. The van der Waals surface area contributed by atoms with Gasteiger partial charge in [0.25, 0.3) is 0 Å². The van der Waals surface area contributed by atoms with Crippen molar-refractivity contribution in [1.29, 1.82) is 0 Å². The molecule has 0 N–H and O–H groups in total. The summed E-state index contributed by atoms with van der Waals surface area (Å²) in [6, 6.07) is 8.22. The van der Waals surface area contributed by atoms with Crippen LogP contribution in [-0.2, 0) is 4.34 Å². The van der Waals surface area contributed by atoms with Gasteiger partial charge in [-0.1, -0.05) is 0 Å². The van der Waals surface area contributed by atoms with Crippen molar-refractivity contribution in [3.63, 3.8) is 0 Å². The van der Waals surface area contributed by atoms with Crippen LogP contribution in [0.25, 0.3) is 0 Å². The fourth-order valence-corrected chi connectivity index (χ4v) is 1.59. The second kappa shape index (κ2) is 1.92. The Morgan fingerprint density at radius 1 is 1.33 bits per heavy atom. The molecule has 9 heavy (non-hydrogen) atoms. The zero-order valence-electron chi connectivity index (χ0n) is 4.79. The van der Waals surface area contributed by atoms with E-state index in [2.05, 4.69) is 12.1 Å². The van der Waals surface area contributed by atoms with Crippen molar-refractivity contribution >= 4 is 16.5 Å². The third-order valence-corrected chi connectivity index (χ3v) is 2.23. The first-order chi connectivity index (χ1) is 4.47. The second-order valence-electron chi connectivity index (χ2n) is 1.93. The molecule has 0 saturated carbocycles. The molecular formula is C6H4BOSi. The van der Waals surface area contributed by atoms with E-state index >= 15 is 0 Å². The summed E-state index contributed by atoms with van der Waals surface area (Å²) >= 11 is 0. The standard InChI is InChI=1S/C6H4BOSi/c1-2-4-6-5(3-1)7-8-9-6/h1-4H. The van der Waals surface area contributed by atoms with E-state index in [4.69, 9.17) is 4.34 Å². The summed E-state index contributed by atoms with van der Waals surface area (Å²) in [7, 11) is 2.34. The van der Waals surface area contributed by atoms with E-state index in [0.29, 0.717) is 9.38 Å². The molecule has 0 aromatic heterocycles. The molecule has 2 rings (SSSR count). The van der Waals surface area contributed by atoms with Crippen LogP contribution in [0.3, 0.4) is 0 Å². The second-order valence-corrected chi connectivity index (χ2v) is 2.90. The van der Waals surface area contributed by atoms with E-state index in [-0.39, 0.29) is 0 Å². The number of fused-ring (bicyclic) bond motifs is 1. The zero-order valence-corrected chi connectivity index (χ0v) is 5.79. The molecule has 1 heterocycles. The van der Waals surface area contributed by atoms with E-state index in [9.17, 15) is 0 Å². The van der Waals surface area contributed by atoms with Gasteiger partial charge >= 0.3 is 55.0 Å². The fraction of sp³-hybridized carbons (Fsp3) is 0. The van der Waals surface area contributed by atoms with E-state index < -0.39 is 0 Å². The summed E-state index contributed by atoms with van der Waals surface area (Å²) < 4.78 is 5.12. The average molecular weight is 131 g/mol. The van der Waals surface area contributed by atoms with Crippen molar-refractivity contribution < 1.29 is 4.34 Å². The monoisotopic (exact) mass is 131 g/mol. The molecule has 1 aliphatic heterocycles. The van der Waals surface area contributed by atoms with Gasteiger partial charge in [-0.25, -0.2) is 0 Å². The third kappa shape index (κ3) is 0.772. The van der Waals surface area contributed by atoms with Gasteiger partial charge in [0, 0.05) is 0 Å². The quantitative estimate of drug-likeness (QED) is 0.464. The fourth-order valence-electron chi connectivity index (χ4n) is 0.849. The number of rotatable bonds is 0. The van der Waals surface area contributed by atoms with E-state index in [0.717, 1.165) is 0 Å². The van der Waals surface area contributed by atoms with Crippen LogP contribution >= 0.6 is 0 Å². The van der Waals surface area contributed by atoms with Crippen LogP contribution in [0.2, 0.25) is 0 Å². The van der Waals surface area contributed by atoms with Gasteiger partial charge in [0.1, 0.15) is 0 Å². The minimum atomic E-state index is 0.524. The summed E-state index contributed by atoms with van der Waals surface area (Å²) in [5.74, 6) is 0. The van der Waals surface area contributed by atoms with Gasteiger partial charge < -0.3 is 0 Å². The normalized spacial score (nSPS) is 12.0. The molecule has 1 radical (unpaired) electrons.